The Balaban J connectivity index is 3.00. The first-order valence-corrected chi connectivity index (χ1v) is 7.51. The van der Waals surface area contributed by atoms with E-state index in [4.69, 9.17) is 14.2 Å². The molecule has 1 aromatic rings. The molecular weight excluding hydrogens is 282 g/mol. The molecule has 6 heteroatoms. The van der Waals surface area contributed by atoms with Gasteiger partial charge < -0.3 is 24.8 Å². The van der Waals surface area contributed by atoms with Crippen molar-refractivity contribution in [3.8, 4) is 17.2 Å². The summed E-state index contributed by atoms with van der Waals surface area (Å²) >= 11 is 0. The van der Waals surface area contributed by atoms with Gasteiger partial charge in [-0.25, -0.2) is 4.99 Å². The number of hydrogen-bond acceptors (Lipinski definition) is 4. The Morgan fingerprint density at radius 1 is 1.00 bits per heavy atom. The predicted octanol–water partition coefficient (Wildman–Crippen LogP) is 2.18. The number of guanidine groups is 1. The van der Waals surface area contributed by atoms with Gasteiger partial charge in [-0.3, -0.25) is 0 Å². The van der Waals surface area contributed by atoms with Crippen LogP contribution in [0.2, 0.25) is 0 Å². The first-order valence-electron chi connectivity index (χ1n) is 7.51. The normalized spacial score (nSPS) is 11.0. The molecule has 0 unspecified atom stereocenters. The quantitative estimate of drug-likeness (QED) is 0.569. The second-order valence-electron chi connectivity index (χ2n) is 4.62. The van der Waals surface area contributed by atoms with Gasteiger partial charge >= 0.3 is 0 Å². The summed E-state index contributed by atoms with van der Waals surface area (Å²) in [6.07, 6.45) is 1.05. The summed E-state index contributed by atoms with van der Waals surface area (Å²) in [6.45, 7) is 6.35. The second-order valence-corrected chi connectivity index (χ2v) is 4.62. The number of hydrogen-bond donors (Lipinski definition) is 2. The molecule has 22 heavy (non-hydrogen) atoms. The minimum atomic E-state index is 0.489. The summed E-state index contributed by atoms with van der Waals surface area (Å²) < 4.78 is 16.1. The van der Waals surface area contributed by atoms with Crippen LogP contribution in [0.4, 0.5) is 0 Å². The van der Waals surface area contributed by atoms with Gasteiger partial charge in [0.1, 0.15) is 0 Å². The smallest absolute Gasteiger partial charge is 0.203 e. The monoisotopic (exact) mass is 309 g/mol. The van der Waals surface area contributed by atoms with Crippen LogP contribution < -0.4 is 24.8 Å². The van der Waals surface area contributed by atoms with Crippen LogP contribution >= 0.6 is 0 Å². The Labute approximate surface area is 132 Å². The van der Waals surface area contributed by atoms with E-state index in [1.54, 1.807) is 21.3 Å². The maximum Gasteiger partial charge on any atom is 0.203 e. The molecule has 0 fully saturated rings. The largest absolute Gasteiger partial charge is 0.493 e. The molecule has 1 rings (SSSR count). The lowest BCUT2D eigenvalue weighted by Gasteiger charge is -2.15. The van der Waals surface area contributed by atoms with Crippen LogP contribution in [0, 0.1) is 0 Å². The fourth-order valence-electron chi connectivity index (χ4n) is 2.04. The number of rotatable bonds is 8. The minimum absolute atomic E-state index is 0.489. The zero-order valence-electron chi connectivity index (χ0n) is 14.2. The highest BCUT2D eigenvalue weighted by atomic mass is 16.5. The average molecular weight is 309 g/mol. The van der Waals surface area contributed by atoms with Crippen molar-refractivity contribution in [3.05, 3.63) is 17.7 Å². The standard InChI is InChI=1S/C16H27N3O3/c1-6-10-18-16(17-7-2)19-11-12-8-9-13(20-3)15(22-5)14(12)21-4/h8-9H,6-7,10-11H2,1-5H3,(H2,17,18,19). The zero-order valence-corrected chi connectivity index (χ0v) is 14.2. The lowest BCUT2D eigenvalue weighted by atomic mass is 10.1. The van der Waals surface area contributed by atoms with E-state index in [1.807, 2.05) is 19.1 Å². The van der Waals surface area contributed by atoms with E-state index in [2.05, 4.69) is 22.5 Å². The van der Waals surface area contributed by atoms with Crippen LogP contribution in [-0.4, -0.2) is 40.4 Å². The number of aliphatic imine (C=N–C) groups is 1. The Bertz CT molecular complexity index is 490. The third-order valence-electron chi connectivity index (χ3n) is 3.08. The van der Waals surface area contributed by atoms with Crippen molar-refractivity contribution < 1.29 is 14.2 Å². The lowest BCUT2D eigenvalue weighted by Crippen LogP contribution is -2.37. The Morgan fingerprint density at radius 3 is 2.27 bits per heavy atom. The van der Waals surface area contributed by atoms with E-state index in [0.717, 1.165) is 31.0 Å². The van der Waals surface area contributed by atoms with Crippen LogP contribution in [0.3, 0.4) is 0 Å². The van der Waals surface area contributed by atoms with E-state index >= 15 is 0 Å². The van der Waals surface area contributed by atoms with Gasteiger partial charge in [-0.05, 0) is 25.5 Å². The minimum Gasteiger partial charge on any atom is -0.493 e. The van der Waals surface area contributed by atoms with Crippen LogP contribution in [0.1, 0.15) is 25.8 Å². The van der Waals surface area contributed by atoms with Crippen LogP contribution in [0.5, 0.6) is 17.2 Å². The first-order chi connectivity index (χ1) is 10.7. The lowest BCUT2D eigenvalue weighted by molar-refractivity contribution is 0.322. The number of benzene rings is 1. The van der Waals surface area contributed by atoms with Crippen molar-refractivity contribution in [1.82, 2.24) is 10.6 Å². The molecule has 0 aliphatic rings. The molecule has 0 radical (unpaired) electrons. The number of ether oxygens (including phenoxy) is 3. The van der Waals surface area contributed by atoms with Gasteiger partial charge in [0.25, 0.3) is 0 Å². The maximum atomic E-state index is 5.47. The highest BCUT2D eigenvalue weighted by Gasteiger charge is 2.15. The maximum absolute atomic E-state index is 5.47. The van der Waals surface area contributed by atoms with Gasteiger partial charge in [0.2, 0.25) is 5.75 Å². The summed E-state index contributed by atoms with van der Waals surface area (Å²) in [5, 5.41) is 6.49. The van der Waals surface area contributed by atoms with Crippen molar-refractivity contribution in [2.45, 2.75) is 26.8 Å². The van der Waals surface area contributed by atoms with Crippen molar-refractivity contribution in [2.75, 3.05) is 34.4 Å². The first kappa shape index (κ1) is 17.9. The van der Waals surface area contributed by atoms with Crippen LogP contribution in [-0.2, 0) is 6.54 Å². The zero-order chi connectivity index (χ0) is 16.4. The average Bonchev–Trinajstić information content (AvgIpc) is 2.56. The van der Waals surface area contributed by atoms with Crippen LogP contribution in [0.15, 0.2) is 17.1 Å². The molecule has 0 bridgehead atoms. The number of nitrogens with zero attached hydrogens (tertiary/aromatic N) is 1. The summed E-state index contributed by atoms with van der Waals surface area (Å²) in [4.78, 5) is 4.58. The molecule has 0 heterocycles. The summed E-state index contributed by atoms with van der Waals surface area (Å²) in [7, 11) is 4.82. The molecule has 0 amide bonds. The van der Waals surface area contributed by atoms with E-state index in [1.165, 1.54) is 0 Å². The molecule has 0 aliphatic carbocycles. The molecule has 124 valence electrons. The van der Waals surface area contributed by atoms with Gasteiger partial charge in [0.05, 0.1) is 27.9 Å². The van der Waals surface area contributed by atoms with E-state index in [-0.39, 0.29) is 0 Å². The van der Waals surface area contributed by atoms with Crippen LogP contribution in [0.25, 0.3) is 0 Å². The number of methoxy groups -OCH3 is 3. The molecule has 1 aromatic carbocycles. The third kappa shape index (κ3) is 4.72. The molecule has 0 aromatic heterocycles. The molecule has 6 nitrogen and oxygen atoms in total. The molecule has 0 atom stereocenters. The van der Waals surface area contributed by atoms with Gasteiger partial charge in [-0.15, -0.1) is 0 Å². The molecule has 2 N–H and O–H groups in total. The summed E-state index contributed by atoms with van der Waals surface area (Å²) in [5.74, 6) is 2.67. The molecule has 0 saturated carbocycles. The summed E-state index contributed by atoms with van der Waals surface area (Å²) in [6, 6.07) is 3.80. The Morgan fingerprint density at radius 2 is 1.73 bits per heavy atom. The molecule has 0 aliphatic heterocycles. The molecular formula is C16H27N3O3. The third-order valence-corrected chi connectivity index (χ3v) is 3.08. The fraction of sp³-hybridized carbons (Fsp3) is 0.562. The predicted molar refractivity (Wildman–Crippen MR) is 89.2 cm³/mol. The van der Waals surface area contributed by atoms with Gasteiger partial charge in [0.15, 0.2) is 17.5 Å². The van der Waals surface area contributed by atoms with Crippen molar-refractivity contribution in [2.24, 2.45) is 4.99 Å². The number of nitrogens with one attached hydrogen (secondary N) is 2. The highest BCUT2D eigenvalue weighted by molar-refractivity contribution is 5.79. The summed E-state index contributed by atoms with van der Waals surface area (Å²) in [5.41, 5.74) is 0.939. The topological polar surface area (TPSA) is 64.1 Å². The van der Waals surface area contributed by atoms with Crippen molar-refractivity contribution >= 4 is 5.96 Å². The van der Waals surface area contributed by atoms with E-state index < -0.39 is 0 Å². The fourth-order valence-corrected chi connectivity index (χ4v) is 2.04. The molecule has 0 spiro atoms. The SMILES string of the molecule is CCCNC(=NCc1ccc(OC)c(OC)c1OC)NCC. The second kappa shape index (κ2) is 9.76. The van der Waals surface area contributed by atoms with Gasteiger partial charge in [-0.2, -0.15) is 0 Å². The van der Waals surface area contributed by atoms with E-state index in [9.17, 15) is 0 Å². The van der Waals surface area contributed by atoms with Gasteiger partial charge in [-0.1, -0.05) is 6.92 Å². The van der Waals surface area contributed by atoms with Crippen molar-refractivity contribution in [1.29, 1.82) is 0 Å². The van der Waals surface area contributed by atoms with Gasteiger partial charge in [0, 0.05) is 18.7 Å². The Hall–Kier alpha value is -2.11. The van der Waals surface area contributed by atoms with Crippen molar-refractivity contribution in [3.63, 3.8) is 0 Å². The van der Waals surface area contributed by atoms with E-state index in [0.29, 0.717) is 23.8 Å². The Kier molecular flexibility index (Phi) is 7.96. The highest BCUT2D eigenvalue weighted by Crippen LogP contribution is 2.39. The molecule has 0 saturated heterocycles.